The standard InChI is InChI=1S/C12H12N2O/c1-9(15)12-7-11(8-14(12)2)10-3-5-13-6-4-10/h3-8H,1-2H3. The molecule has 3 nitrogen and oxygen atoms in total. The van der Waals surface area contributed by atoms with Gasteiger partial charge in [0, 0.05) is 38.1 Å². The topological polar surface area (TPSA) is 34.9 Å². The maximum Gasteiger partial charge on any atom is 0.176 e. The first-order valence-electron chi connectivity index (χ1n) is 4.76. The van der Waals surface area contributed by atoms with E-state index < -0.39 is 0 Å². The first-order valence-corrected chi connectivity index (χ1v) is 4.76. The van der Waals surface area contributed by atoms with Crippen LogP contribution >= 0.6 is 0 Å². The molecule has 0 spiro atoms. The van der Waals surface area contributed by atoms with E-state index in [1.54, 1.807) is 19.3 Å². The van der Waals surface area contributed by atoms with E-state index in [0.29, 0.717) is 0 Å². The second-order valence-electron chi connectivity index (χ2n) is 3.52. The molecule has 0 aliphatic rings. The molecule has 2 rings (SSSR count). The normalized spacial score (nSPS) is 10.3. The number of hydrogen-bond acceptors (Lipinski definition) is 2. The molecule has 0 N–H and O–H groups in total. The first-order chi connectivity index (χ1) is 7.18. The third-order valence-electron chi connectivity index (χ3n) is 2.38. The lowest BCUT2D eigenvalue weighted by atomic mass is 10.1. The monoisotopic (exact) mass is 200 g/mol. The SMILES string of the molecule is CC(=O)c1cc(-c2ccncc2)cn1C. The van der Waals surface area contributed by atoms with Gasteiger partial charge < -0.3 is 4.57 Å². The highest BCUT2D eigenvalue weighted by molar-refractivity contribution is 5.94. The van der Waals surface area contributed by atoms with Gasteiger partial charge in [0.2, 0.25) is 0 Å². The third-order valence-corrected chi connectivity index (χ3v) is 2.38. The lowest BCUT2D eigenvalue weighted by molar-refractivity contribution is 0.101. The van der Waals surface area contributed by atoms with Gasteiger partial charge in [-0.15, -0.1) is 0 Å². The number of aromatic nitrogens is 2. The van der Waals surface area contributed by atoms with E-state index in [-0.39, 0.29) is 5.78 Å². The van der Waals surface area contributed by atoms with Gasteiger partial charge in [-0.3, -0.25) is 9.78 Å². The molecule has 0 unspecified atom stereocenters. The Morgan fingerprint density at radius 3 is 2.47 bits per heavy atom. The Morgan fingerprint density at radius 2 is 1.93 bits per heavy atom. The lowest BCUT2D eigenvalue weighted by Crippen LogP contribution is -1.99. The van der Waals surface area contributed by atoms with Crippen LogP contribution in [0.15, 0.2) is 36.8 Å². The van der Waals surface area contributed by atoms with E-state index in [9.17, 15) is 4.79 Å². The minimum atomic E-state index is 0.0813. The van der Waals surface area contributed by atoms with E-state index in [4.69, 9.17) is 0 Å². The van der Waals surface area contributed by atoms with Gasteiger partial charge in [0.25, 0.3) is 0 Å². The van der Waals surface area contributed by atoms with Crippen LogP contribution in [-0.4, -0.2) is 15.3 Å². The highest BCUT2D eigenvalue weighted by atomic mass is 16.1. The molecule has 15 heavy (non-hydrogen) atoms. The van der Waals surface area contributed by atoms with Crippen LogP contribution in [0.4, 0.5) is 0 Å². The fourth-order valence-electron chi connectivity index (χ4n) is 1.62. The van der Waals surface area contributed by atoms with Gasteiger partial charge in [0.1, 0.15) is 0 Å². The van der Waals surface area contributed by atoms with Crippen LogP contribution in [0, 0.1) is 0 Å². The van der Waals surface area contributed by atoms with Crippen LogP contribution in [0.3, 0.4) is 0 Å². The summed E-state index contributed by atoms with van der Waals surface area (Å²) in [5, 5.41) is 0. The van der Waals surface area contributed by atoms with E-state index in [2.05, 4.69) is 4.98 Å². The van der Waals surface area contributed by atoms with Crippen molar-refractivity contribution in [3.05, 3.63) is 42.5 Å². The maximum absolute atomic E-state index is 11.3. The van der Waals surface area contributed by atoms with E-state index >= 15 is 0 Å². The minimum absolute atomic E-state index is 0.0813. The fourth-order valence-corrected chi connectivity index (χ4v) is 1.62. The van der Waals surface area contributed by atoms with Crippen LogP contribution in [-0.2, 0) is 7.05 Å². The van der Waals surface area contributed by atoms with E-state index in [1.807, 2.05) is 36.0 Å². The van der Waals surface area contributed by atoms with Crippen molar-refractivity contribution in [1.29, 1.82) is 0 Å². The van der Waals surface area contributed by atoms with Crippen LogP contribution in [0.5, 0.6) is 0 Å². The lowest BCUT2D eigenvalue weighted by Gasteiger charge is -1.94. The smallest absolute Gasteiger partial charge is 0.176 e. The molecule has 0 saturated heterocycles. The number of aryl methyl sites for hydroxylation is 1. The summed E-state index contributed by atoms with van der Waals surface area (Å²) in [5.41, 5.74) is 2.85. The van der Waals surface area contributed by atoms with Gasteiger partial charge in [-0.25, -0.2) is 0 Å². The summed E-state index contributed by atoms with van der Waals surface area (Å²) < 4.78 is 1.85. The molecule has 0 saturated carbocycles. The number of nitrogens with zero attached hydrogens (tertiary/aromatic N) is 2. The Labute approximate surface area is 88.4 Å². The molecule has 0 aliphatic heterocycles. The zero-order valence-electron chi connectivity index (χ0n) is 8.77. The highest BCUT2D eigenvalue weighted by Crippen LogP contribution is 2.20. The van der Waals surface area contributed by atoms with Gasteiger partial charge in [-0.2, -0.15) is 0 Å². The van der Waals surface area contributed by atoms with E-state index in [0.717, 1.165) is 16.8 Å². The van der Waals surface area contributed by atoms with Crippen molar-refractivity contribution in [3.63, 3.8) is 0 Å². The quantitative estimate of drug-likeness (QED) is 0.697. The van der Waals surface area contributed by atoms with Crippen LogP contribution < -0.4 is 0 Å². The molecule has 76 valence electrons. The van der Waals surface area contributed by atoms with Gasteiger partial charge in [-0.05, 0) is 23.8 Å². The largest absolute Gasteiger partial charge is 0.348 e. The second-order valence-corrected chi connectivity index (χ2v) is 3.52. The average Bonchev–Trinajstić information content (AvgIpc) is 2.62. The second kappa shape index (κ2) is 3.69. The molecule has 0 radical (unpaired) electrons. The van der Waals surface area contributed by atoms with Crippen LogP contribution in [0.25, 0.3) is 11.1 Å². The minimum Gasteiger partial charge on any atom is -0.348 e. The van der Waals surface area contributed by atoms with Gasteiger partial charge >= 0.3 is 0 Å². The summed E-state index contributed by atoms with van der Waals surface area (Å²) in [7, 11) is 1.88. The van der Waals surface area contributed by atoms with Gasteiger partial charge in [0.05, 0.1) is 5.69 Å². The van der Waals surface area contributed by atoms with Crippen molar-refractivity contribution >= 4 is 5.78 Å². The summed E-state index contributed by atoms with van der Waals surface area (Å²) in [6, 6.07) is 5.76. The molecule has 0 fully saturated rings. The molecule has 2 aromatic rings. The van der Waals surface area contributed by atoms with Crippen LogP contribution in [0.2, 0.25) is 0 Å². The Morgan fingerprint density at radius 1 is 1.27 bits per heavy atom. The molecule has 2 aromatic heterocycles. The summed E-state index contributed by atoms with van der Waals surface area (Å²) in [6.45, 7) is 1.58. The number of hydrogen-bond donors (Lipinski definition) is 0. The summed E-state index contributed by atoms with van der Waals surface area (Å²) in [5.74, 6) is 0.0813. The number of rotatable bonds is 2. The predicted molar refractivity (Wildman–Crippen MR) is 58.6 cm³/mol. The van der Waals surface area contributed by atoms with Gasteiger partial charge in [0.15, 0.2) is 5.78 Å². The third kappa shape index (κ3) is 1.81. The van der Waals surface area contributed by atoms with Crippen molar-refractivity contribution in [2.24, 2.45) is 7.05 Å². The zero-order chi connectivity index (χ0) is 10.8. The molecular formula is C12H12N2O. The molecular weight excluding hydrogens is 188 g/mol. The molecule has 0 aromatic carbocycles. The van der Waals surface area contributed by atoms with Gasteiger partial charge in [-0.1, -0.05) is 0 Å². The maximum atomic E-state index is 11.3. The number of carbonyl (C=O) groups excluding carboxylic acids is 1. The Bertz CT molecular complexity index is 486. The Kier molecular flexibility index (Phi) is 2.37. The Hall–Kier alpha value is -1.90. The number of pyridine rings is 1. The van der Waals surface area contributed by atoms with Crippen molar-refractivity contribution in [2.45, 2.75) is 6.92 Å². The molecule has 0 amide bonds. The summed E-state index contributed by atoms with van der Waals surface area (Å²) >= 11 is 0. The number of carbonyl (C=O) groups is 1. The summed E-state index contributed by atoms with van der Waals surface area (Å²) in [4.78, 5) is 15.2. The predicted octanol–water partition coefficient (Wildman–Crippen LogP) is 2.29. The molecule has 0 bridgehead atoms. The highest BCUT2D eigenvalue weighted by Gasteiger charge is 2.07. The zero-order valence-corrected chi connectivity index (χ0v) is 8.77. The first kappa shape index (κ1) is 9.65. The molecule has 0 aliphatic carbocycles. The number of Topliss-reactive ketones (excluding diaryl/α,β-unsaturated/α-hetero) is 1. The molecule has 3 heteroatoms. The fraction of sp³-hybridized carbons (Fsp3) is 0.167. The number of ketones is 1. The van der Waals surface area contributed by atoms with Crippen molar-refractivity contribution < 1.29 is 4.79 Å². The molecule has 0 atom stereocenters. The van der Waals surface area contributed by atoms with Crippen molar-refractivity contribution in [1.82, 2.24) is 9.55 Å². The average molecular weight is 200 g/mol. The van der Waals surface area contributed by atoms with Crippen LogP contribution in [0.1, 0.15) is 17.4 Å². The van der Waals surface area contributed by atoms with E-state index in [1.165, 1.54) is 0 Å². The Balaban J connectivity index is 2.48. The molecule has 2 heterocycles. The van der Waals surface area contributed by atoms with Crippen molar-refractivity contribution in [3.8, 4) is 11.1 Å². The summed E-state index contributed by atoms with van der Waals surface area (Å²) in [6.07, 6.45) is 5.44. The van der Waals surface area contributed by atoms with Crippen molar-refractivity contribution in [2.75, 3.05) is 0 Å².